The first kappa shape index (κ1) is 12.8. The highest BCUT2D eigenvalue weighted by Gasteiger charge is 2.10. The van der Waals surface area contributed by atoms with Crippen LogP contribution in [0.4, 0.5) is 0 Å². The zero-order valence-corrected chi connectivity index (χ0v) is 10.4. The summed E-state index contributed by atoms with van der Waals surface area (Å²) >= 11 is 0. The fourth-order valence-electron chi connectivity index (χ4n) is 1.70. The van der Waals surface area contributed by atoms with Crippen molar-refractivity contribution in [3.63, 3.8) is 0 Å². The van der Waals surface area contributed by atoms with E-state index in [9.17, 15) is 0 Å². The summed E-state index contributed by atoms with van der Waals surface area (Å²) in [7, 11) is 5.26. The maximum atomic E-state index is 5.41. The molecule has 4 nitrogen and oxygen atoms in total. The second kappa shape index (κ2) is 6.35. The maximum absolute atomic E-state index is 5.41. The van der Waals surface area contributed by atoms with Gasteiger partial charge in [-0.25, -0.2) is 0 Å². The van der Waals surface area contributed by atoms with E-state index in [1.165, 1.54) is 0 Å². The van der Waals surface area contributed by atoms with Gasteiger partial charge in [-0.1, -0.05) is 6.07 Å². The Morgan fingerprint density at radius 1 is 1.19 bits per heavy atom. The molecule has 0 bridgehead atoms. The molecular weight excluding hydrogens is 204 g/mol. The molecule has 1 aromatic rings. The first-order chi connectivity index (χ1) is 7.74. The monoisotopic (exact) mass is 224 g/mol. The molecular formula is C12H20N2O2. The number of ether oxygens (including phenoxy) is 2. The van der Waals surface area contributed by atoms with E-state index in [0.29, 0.717) is 0 Å². The molecule has 2 N–H and O–H groups in total. The third-order valence-electron chi connectivity index (χ3n) is 2.48. The minimum absolute atomic E-state index is 0.772. The Morgan fingerprint density at radius 2 is 1.94 bits per heavy atom. The third-order valence-corrected chi connectivity index (χ3v) is 2.48. The van der Waals surface area contributed by atoms with E-state index in [1.54, 1.807) is 14.2 Å². The zero-order chi connectivity index (χ0) is 12.0. The molecule has 0 unspecified atom stereocenters. The maximum Gasteiger partial charge on any atom is 0.129 e. The van der Waals surface area contributed by atoms with Gasteiger partial charge in [-0.2, -0.15) is 0 Å². The number of rotatable bonds is 6. The molecule has 0 spiro atoms. The van der Waals surface area contributed by atoms with Crippen LogP contribution in [-0.2, 0) is 6.54 Å². The van der Waals surface area contributed by atoms with Gasteiger partial charge in [0.15, 0.2) is 0 Å². The van der Waals surface area contributed by atoms with E-state index < -0.39 is 0 Å². The quantitative estimate of drug-likeness (QED) is 0.564. The van der Waals surface area contributed by atoms with Crippen LogP contribution >= 0.6 is 0 Å². The van der Waals surface area contributed by atoms with Crippen molar-refractivity contribution in [3.8, 4) is 11.5 Å². The van der Waals surface area contributed by atoms with E-state index in [2.05, 4.69) is 10.6 Å². The Bertz CT molecular complexity index is 340. The molecule has 0 aliphatic heterocycles. The molecule has 0 atom stereocenters. The molecule has 0 aromatic heterocycles. The Morgan fingerprint density at radius 3 is 2.50 bits per heavy atom. The van der Waals surface area contributed by atoms with Crippen molar-refractivity contribution in [3.05, 3.63) is 23.3 Å². The highest BCUT2D eigenvalue weighted by atomic mass is 16.5. The van der Waals surface area contributed by atoms with Gasteiger partial charge in [0.05, 0.1) is 14.2 Å². The summed E-state index contributed by atoms with van der Waals surface area (Å²) in [6, 6.07) is 3.99. The SMILES string of the molecule is CNCNCc1ccc(OC)c(C)c1OC. The van der Waals surface area contributed by atoms with E-state index in [4.69, 9.17) is 9.47 Å². The first-order valence-electron chi connectivity index (χ1n) is 5.30. The summed E-state index contributed by atoms with van der Waals surface area (Å²) in [4.78, 5) is 0. The van der Waals surface area contributed by atoms with Crippen molar-refractivity contribution in [2.24, 2.45) is 0 Å². The Labute approximate surface area is 96.9 Å². The van der Waals surface area contributed by atoms with Gasteiger partial charge in [0, 0.05) is 24.3 Å². The smallest absolute Gasteiger partial charge is 0.129 e. The van der Waals surface area contributed by atoms with Gasteiger partial charge in [0.25, 0.3) is 0 Å². The normalized spacial score (nSPS) is 10.2. The van der Waals surface area contributed by atoms with Crippen molar-refractivity contribution in [1.29, 1.82) is 0 Å². The van der Waals surface area contributed by atoms with E-state index >= 15 is 0 Å². The summed E-state index contributed by atoms with van der Waals surface area (Å²) in [5.41, 5.74) is 2.17. The van der Waals surface area contributed by atoms with Crippen LogP contribution in [0.2, 0.25) is 0 Å². The lowest BCUT2D eigenvalue weighted by atomic mass is 10.1. The Balaban J connectivity index is 2.88. The molecule has 0 amide bonds. The molecule has 0 fully saturated rings. The van der Waals surface area contributed by atoms with Gasteiger partial charge in [0.2, 0.25) is 0 Å². The van der Waals surface area contributed by atoms with Crippen LogP contribution in [0.3, 0.4) is 0 Å². The third kappa shape index (κ3) is 2.87. The summed E-state index contributed by atoms with van der Waals surface area (Å²) < 4.78 is 10.7. The average Bonchev–Trinajstić information content (AvgIpc) is 2.30. The predicted octanol–water partition coefficient (Wildman–Crippen LogP) is 1.28. The van der Waals surface area contributed by atoms with Crippen molar-refractivity contribution < 1.29 is 9.47 Å². The van der Waals surface area contributed by atoms with Crippen LogP contribution in [0.1, 0.15) is 11.1 Å². The van der Waals surface area contributed by atoms with Crippen LogP contribution in [0.5, 0.6) is 11.5 Å². The molecule has 0 aliphatic carbocycles. The van der Waals surface area contributed by atoms with Crippen LogP contribution < -0.4 is 20.1 Å². The average molecular weight is 224 g/mol. The van der Waals surface area contributed by atoms with Gasteiger partial charge in [0.1, 0.15) is 11.5 Å². The molecule has 90 valence electrons. The zero-order valence-electron chi connectivity index (χ0n) is 10.4. The number of methoxy groups -OCH3 is 2. The Kier molecular flexibility index (Phi) is 5.08. The summed E-state index contributed by atoms with van der Waals surface area (Å²) in [5, 5.41) is 6.29. The molecule has 1 rings (SSSR count). The largest absolute Gasteiger partial charge is 0.496 e. The molecule has 4 heteroatoms. The minimum Gasteiger partial charge on any atom is -0.496 e. The van der Waals surface area contributed by atoms with Gasteiger partial charge >= 0.3 is 0 Å². The van der Waals surface area contributed by atoms with Crippen LogP contribution in [-0.4, -0.2) is 27.9 Å². The lowest BCUT2D eigenvalue weighted by Gasteiger charge is -2.14. The van der Waals surface area contributed by atoms with Crippen molar-refractivity contribution in [1.82, 2.24) is 10.6 Å². The fourth-order valence-corrected chi connectivity index (χ4v) is 1.70. The van der Waals surface area contributed by atoms with E-state index in [0.717, 1.165) is 35.8 Å². The predicted molar refractivity (Wildman–Crippen MR) is 65.0 cm³/mol. The van der Waals surface area contributed by atoms with Crippen molar-refractivity contribution in [2.75, 3.05) is 27.9 Å². The second-order valence-electron chi connectivity index (χ2n) is 3.54. The topological polar surface area (TPSA) is 42.5 Å². The lowest BCUT2D eigenvalue weighted by molar-refractivity contribution is 0.384. The molecule has 16 heavy (non-hydrogen) atoms. The van der Waals surface area contributed by atoms with E-state index in [1.807, 2.05) is 26.1 Å². The van der Waals surface area contributed by atoms with E-state index in [-0.39, 0.29) is 0 Å². The van der Waals surface area contributed by atoms with Gasteiger partial charge in [-0.3, -0.25) is 0 Å². The van der Waals surface area contributed by atoms with Gasteiger partial charge < -0.3 is 20.1 Å². The number of benzene rings is 1. The minimum atomic E-state index is 0.772. The Hall–Kier alpha value is -1.26. The van der Waals surface area contributed by atoms with Crippen molar-refractivity contribution >= 4 is 0 Å². The first-order valence-corrected chi connectivity index (χ1v) is 5.30. The molecule has 0 saturated heterocycles. The lowest BCUT2D eigenvalue weighted by Crippen LogP contribution is -2.25. The number of hydrogen-bond acceptors (Lipinski definition) is 4. The molecule has 1 aromatic carbocycles. The number of nitrogens with one attached hydrogen (secondary N) is 2. The second-order valence-corrected chi connectivity index (χ2v) is 3.54. The highest BCUT2D eigenvalue weighted by molar-refractivity contribution is 5.49. The summed E-state index contributed by atoms with van der Waals surface area (Å²) in [5.74, 6) is 1.75. The van der Waals surface area contributed by atoms with Crippen molar-refractivity contribution in [2.45, 2.75) is 13.5 Å². The molecule has 0 heterocycles. The summed E-state index contributed by atoms with van der Waals surface area (Å²) in [6.45, 7) is 3.54. The summed E-state index contributed by atoms with van der Waals surface area (Å²) in [6.07, 6.45) is 0. The fraction of sp³-hybridized carbons (Fsp3) is 0.500. The van der Waals surface area contributed by atoms with Gasteiger partial charge in [-0.05, 0) is 20.0 Å². The van der Waals surface area contributed by atoms with Crippen LogP contribution in [0.15, 0.2) is 12.1 Å². The molecule has 0 saturated carbocycles. The van der Waals surface area contributed by atoms with Crippen LogP contribution in [0.25, 0.3) is 0 Å². The standard InChI is InChI=1S/C12H20N2O2/c1-9-11(15-3)6-5-10(12(9)16-4)7-14-8-13-2/h5-6,13-14H,7-8H2,1-4H3. The molecule has 0 radical (unpaired) electrons. The highest BCUT2D eigenvalue weighted by Crippen LogP contribution is 2.30. The van der Waals surface area contributed by atoms with Gasteiger partial charge in [-0.15, -0.1) is 0 Å². The van der Waals surface area contributed by atoms with Crippen LogP contribution in [0, 0.1) is 6.92 Å². The molecule has 0 aliphatic rings. The number of hydrogen-bond donors (Lipinski definition) is 2.